The summed E-state index contributed by atoms with van der Waals surface area (Å²) in [5.41, 5.74) is 1.42. The quantitative estimate of drug-likeness (QED) is 0.689. The second-order valence-corrected chi connectivity index (χ2v) is 8.45. The maximum Gasteiger partial charge on any atom is 0.243 e. The Morgan fingerprint density at radius 2 is 1.75 bits per heavy atom. The second kappa shape index (κ2) is 9.71. The first-order valence-corrected chi connectivity index (χ1v) is 10.8. The SMILES string of the molecule is CCN(CC)S(=O)(=O)c1ccc(OC)c(NC(=O)C[C@@H](C)c2ccccc2)c1. The number of rotatable bonds is 9. The van der Waals surface area contributed by atoms with Crippen LogP contribution in [0.2, 0.25) is 0 Å². The Hall–Kier alpha value is -2.38. The van der Waals surface area contributed by atoms with Crippen LogP contribution in [0.25, 0.3) is 0 Å². The van der Waals surface area contributed by atoms with Crippen LogP contribution in [0, 0.1) is 0 Å². The summed E-state index contributed by atoms with van der Waals surface area (Å²) in [6.07, 6.45) is 0.278. The summed E-state index contributed by atoms with van der Waals surface area (Å²) in [5, 5.41) is 2.80. The van der Waals surface area contributed by atoms with Gasteiger partial charge in [0.1, 0.15) is 5.75 Å². The van der Waals surface area contributed by atoms with Gasteiger partial charge >= 0.3 is 0 Å². The first-order valence-electron chi connectivity index (χ1n) is 9.36. The largest absolute Gasteiger partial charge is 0.495 e. The fourth-order valence-corrected chi connectivity index (χ4v) is 4.52. The zero-order valence-electron chi connectivity index (χ0n) is 16.8. The Morgan fingerprint density at radius 1 is 1.11 bits per heavy atom. The molecule has 0 heterocycles. The molecule has 28 heavy (non-hydrogen) atoms. The molecule has 0 bridgehead atoms. The van der Waals surface area contributed by atoms with Gasteiger partial charge in [0.05, 0.1) is 17.7 Å². The average Bonchev–Trinajstić information content (AvgIpc) is 2.69. The van der Waals surface area contributed by atoms with Gasteiger partial charge in [-0.3, -0.25) is 4.79 Å². The zero-order chi connectivity index (χ0) is 20.7. The van der Waals surface area contributed by atoms with Crippen LogP contribution in [0.1, 0.15) is 38.7 Å². The van der Waals surface area contributed by atoms with Crippen molar-refractivity contribution in [1.82, 2.24) is 4.31 Å². The monoisotopic (exact) mass is 404 g/mol. The number of hydrogen-bond acceptors (Lipinski definition) is 4. The summed E-state index contributed by atoms with van der Waals surface area (Å²) in [4.78, 5) is 12.7. The lowest BCUT2D eigenvalue weighted by molar-refractivity contribution is -0.116. The summed E-state index contributed by atoms with van der Waals surface area (Å²) >= 11 is 0. The predicted octanol–water partition coefficient (Wildman–Crippen LogP) is 3.86. The predicted molar refractivity (Wildman–Crippen MR) is 111 cm³/mol. The van der Waals surface area contributed by atoms with Crippen LogP contribution in [-0.4, -0.2) is 38.8 Å². The summed E-state index contributed by atoms with van der Waals surface area (Å²) in [5.74, 6) is 0.251. The molecule has 0 unspecified atom stereocenters. The Labute approximate surface area is 167 Å². The van der Waals surface area contributed by atoms with Gasteiger partial charge in [-0.1, -0.05) is 51.1 Å². The van der Waals surface area contributed by atoms with E-state index in [-0.39, 0.29) is 23.1 Å². The molecule has 1 N–H and O–H groups in total. The molecule has 0 fully saturated rings. The third kappa shape index (κ3) is 5.11. The first-order chi connectivity index (χ1) is 13.3. The fraction of sp³-hybridized carbons (Fsp3) is 0.381. The third-order valence-corrected chi connectivity index (χ3v) is 6.69. The Bertz CT molecular complexity index is 894. The van der Waals surface area contributed by atoms with E-state index in [0.717, 1.165) is 5.56 Å². The summed E-state index contributed by atoms with van der Waals surface area (Å²) in [6, 6.07) is 14.3. The fourth-order valence-electron chi connectivity index (χ4n) is 3.04. The molecule has 152 valence electrons. The molecule has 0 aliphatic carbocycles. The van der Waals surface area contributed by atoms with Crippen molar-refractivity contribution in [2.24, 2.45) is 0 Å². The molecule has 1 amide bonds. The van der Waals surface area contributed by atoms with Gasteiger partial charge in [0.15, 0.2) is 0 Å². The molecular weight excluding hydrogens is 376 g/mol. The van der Waals surface area contributed by atoms with E-state index in [2.05, 4.69) is 5.32 Å². The van der Waals surface area contributed by atoms with Crippen LogP contribution >= 0.6 is 0 Å². The second-order valence-electron chi connectivity index (χ2n) is 6.52. The van der Waals surface area contributed by atoms with Crippen molar-refractivity contribution in [1.29, 1.82) is 0 Å². The molecule has 0 aliphatic rings. The van der Waals surface area contributed by atoms with Crippen molar-refractivity contribution < 1.29 is 17.9 Å². The van der Waals surface area contributed by atoms with E-state index in [0.29, 0.717) is 24.5 Å². The van der Waals surface area contributed by atoms with Crippen molar-refractivity contribution in [3.63, 3.8) is 0 Å². The van der Waals surface area contributed by atoms with Crippen molar-refractivity contribution >= 4 is 21.6 Å². The number of amides is 1. The van der Waals surface area contributed by atoms with E-state index in [1.54, 1.807) is 19.9 Å². The molecule has 0 aromatic heterocycles. The number of ether oxygens (including phenoxy) is 1. The number of nitrogens with zero attached hydrogens (tertiary/aromatic N) is 1. The van der Waals surface area contributed by atoms with Crippen molar-refractivity contribution in [3.8, 4) is 5.75 Å². The maximum atomic E-state index is 12.8. The normalized spacial score (nSPS) is 12.6. The van der Waals surface area contributed by atoms with Crippen molar-refractivity contribution in [3.05, 3.63) is 54.1 Å². The number of methoxy groups -OCH3 is 1. The van der Waals surface area contributed by atoms with Crippen LogP contribution in [-0.2, 0) is 14.8 Å². The minimum atomic E-state index is -3.62. The lowest BCUT2D eigenvalue weighted by Crippen LogP contribution is -2.30. The molecule has 2 aromatic carbocycles. The van der Waals surface area contributed by atoms with Crippen LogP contribution in [0.4, 0.5) is 5.69 Å². The van der Waals surface area contributed by atoms with E-state index in [4.69, 9.17) is 4.74 Å². The molecular formula is C21H28N2O4S. The van der Waals surface area contributed by atoms with Crippen molar-refractivity contribution in [2.45, 2.75) is 38.0 Å². The highest BCUT2D eigenvalue weighted by Gasteiger charge is 2.23. The summed E-state index contributed by atoms with van der Waals surface area (Å²) in [7, 11) is -2.14. The molecule has 2 rings (SSSR count). The summed E-state index contributed by atoms with van der Waals surface area (Å²) in [6.45, 7) is 6.31. The molecule has 2 aromatic rings. The zero-order valence-corrected chi connectivity index (χ0v) is 17.6. The number of carbonyl (C=O) groups excluding carboxylic acids is 1. The topological polar surface area (TPSA) is 75.7 Å². The van der Waals surface area contributed by atoms with Gasteiger partial charge in [-0.15, -0.1) is 0 Å². The van der Waals surface area contributed by atoms with E-state index in [1.807, 2.05) is 37.3 Å². The highest BCUT2D eigenvalue weighted by Crippen LogP contribution is 2.30. The number of carbonyl (C=O) groups is 1. The van der Waals surface area contributed by atoms with Gasteiger partial charge in [-0.2, -0.15) is 4.31 Å². The number of nitrogens with one attached hydrogen (secondary N) is 1. The Morgan fingerprint density at radius 3 is 2.32 bits per heavy atom. The van der Waals surface area contributed by atoms with Crippen LogP contribution < -0.4 is 10.1 Å². The van der Waals surface area contributed by atoms with Gasteiger partial charge in [-0.25, -0.2) is 8.42 Å². The first kappa shape index (κ1) is 21.9. The molecule has 0 spiro atoms. The highest BCUT2D eigenvalue weighted by molar-refractivity contribution is 7.89. The van der Waals surface area contributed by atoms with E-state index < -0.39 is 10.0 Å². The van der Waals surface area contributed by atoms with Crippen LogP contribution in [0.3, 0.4) is 0 Å². The number of benzene rings is 2. The molecule has 0 saturated carbocycles. The number of sulfonamides is 1. The third-order valence-electron chi connectivity index (χ3n) is 4.65. The molecule has 0 radical (unpaired) electrons. The number of hydrogen-bond donors (Lipinski definition) is 1. The van der Waals surface area contributed by atoms with Gasteiger partial charge in [0, 0.05) is 19.5 Å². The highest BCUT2D eigenvalue weighted by atomic mass is 32.2. The smallest absolute Gasteiger partial charge is 0.243 e. The number of anilines is 1. The van der Waals surface area contributed by atoms with Crippen LogP contribution in [0.5, 0.6) is 5.75 Å². The maximum absolute atomic E-state index is 12.8. The standard InChI is InChI=1S/C21H28N2O4S/c1-5-23(6-2)28(25,26)18-12-13-20(27-4)19(15-18)22-21(24)14-16(3)17-10-8-7-9-11-17/h7-13,15-16H,5-6,14H2,1-4H3,(H,22,24)/t16-/m1/s1. The van der Waals surface area contributed by atoms with Gasteiger partial charge < -0.3 is 10.1 Å². The van der Waals surface area contributed by atoms with Crippen LogP contribution in [0.15, 0.2) is 53.4 Å². The molecule has 0 aliphatic heterocycles. The van der Waals surface area contributed by atoms with E-state index in [1.165, 1.54) is 23.5 Å². The molecule has 7 heteroatoms. The average molecular weight is 405 g/mol. The van der Waals surface area contributed by atoms with Gasteiger partial charge in [-0.05, 0) is 29.7 Å². The molecule has 0 saturated heterocycles. The Kier molecular flexibility index (Phi) is 7.60. The van der Waals surface area contributed by atoms with E-state index in [9.17, 15) is 13.2 Å². The molecule has 6 nitrogen and oxygen atoms in total. The lowest BCUT2D eigenvalue weighted by Gasteiger charge is -2.20. The minimum Gasteiger partial charge on any atom is -0.495 e. The lowest BCUT2D eigenvalue weighted by atomic mass is 9.97. The van der Waals surface area contributed by atoms with E-state index >= 15 is 0 Å². The van der Waals surface area contributed by atoms with Crippen molar-refractivity contribution in [2.75, 3.05) is 25.5 Å². The molecule has 1 atom stereocenters. The van der Waals surface area contributed by atoms with Gasteiger partial charge in [0.2, 0.25) is 15.9 Å². The summed E-state index contributed by atoms with van der Waals surface area (Å²) < 4.78 is 32.2. The van der Waals surface area contributed by atoms with Gasteiger partial charge in [0.25, 0.3) is 0 Å². The minimum absolute atomic E-state index is 0.0368. The Balaban J connectivity index is 2.23.